The largest absolute Gasteiger partial charge is 0.495 e. The molecule has 0 spiro atoms. The maximum absolute atomic E-state index is 5.98. The van der Waals surface area contributed by atoms with Crippen LogP contribution < -0.4 is 14.8 Å². The molecule has 0 saturated carbocycles. The lowest BCUT2D eigenvalue weighted by molar-refractivity contribution is 0.246. The molecule has 3 rings (SSSR count). The van der Waals surface area contributed by atoms with Crippen LogP contribution in [0.1, 0.15) is 16.7 Å². The normalized spacial score (nSPS) is 16.2. The number of hydrogen-bond donors (Lipinski definition) is 1. The molecular formula is C18H21NO2. The van der Waals surface area contributed by atoms with Crippen molar-refractivity contribution in [2.45, 2.75) is 26.4 Å². The van der Waals surface area contributed by atoms with Crippen LogP contribution in [-0.2, 0) is 6.42 Å². The zero-order valence-corrected chi connectivity index (χ0v) is 12.8. The highest BCUT2D eigenvalue weighted by Gasteiger charge is 2.22. The van der Waals surface area contributed by atoms with Crippen LogP contribution in [0.25, 0.3) is 0 Å². The Hall–Kier alpha value is -2.16. The number of nitrogens with one attached hydrogen (secondary N) is 1. The van der Waals surface area contributed by atoms with E-state index in [0.717, 1.165) is 30.2 Å². The fourth-order valence-electron chi connectivity index (χ4n) is 2.75. The fraction of sp³-hybridized carbons (Fsp3) is 0.333. The molecule has 1 aliphatic heterocycles. The van der Waals surface area contributed by atoms with Gasteiger partial charge in [0.25, 0.3) is 0 Å². The van der Waals surface area contributed by atoms with Crippen molar-refractivity contribution >= 4 is 5.69 Å². The van der Waals surface area contributed by atoms with E-state index in [2.05, 4.69) is 49.5 Å². The number of aryl methyl sites for hydroxylation is 2. The minimum Gasteiger partial charge on any atom is -0.495 e. The molecule has 0 amide bonds. The summed E-state index contributed by atoms with van der Waals surface area (Å²) in [6.07, 6.45) is 1.13. The van der Waals surface area contributed by atoms with Crippen LogP contribution in [0.15, 0.2) is 36.4 Å². The number of hydrogen-bond acceptors (Lipinski definition) is 3. The Bertz CT molecular complexity index is 652. The second-order valence-corrected chi connectivity index (χ2v) is 5.64. The van der Waals surface area contributed by atoms with Gasteiger partial charge in [-0.05, 0) is 43.2 Å². The zero-order valence-electron chi connectivity index (χ0n) is 12.8. The lowest BCUT2D eigenvalue weighted by atomic mass is 10.1. The summed E-state index contributed by atoms with van der Waals surface area (Å²) in [5.74, 6) is 1.88. The molecule has 2 aromatic rings. The van der Waals surface area contributed by atoms with Crippen molar-refractivity contribution in [1.82, 2.24) is 0 Å². The third-order valence-corrected chi connectivity index (χ3v) is 3.83. The highest BCUT2D eigenvalue weighted by molar-refractivity contribution is 5.58. The van der Waals surface area contributed by atoms with E-state index in [1.165, 1.54) is 16.7 Å². The molecule has 0 fully saturated rings. The van der Waals surface area contributed by atoms with Crippen LogP contribution in [0.2, 0.25) is 0 Å². The first-order valence-electron chi connectivity index (χ1n) is 7.30. The van der Waals surface area contributed by atoms with Crippen molar-refractivity contribution < 1.29 is 9.47 Å². The molecule has 0 radical (unpaired) electrons. The Morgan fingerprint density at radius 2 is 1.90 bits per heavy atom. The van der Waals surface area contributed by atoms with Gasteiger partial charge >= 0.3 is 0 Å². The van der Waals surface area contributed by atoms with E-state index >= 15 is 0 Å². The van der Waals surface area contributed by atoms with Crippen molar-refractivity contribution in [3.63, 3.8) is 0 Å². The molecule has 0 aliphatic carbocycles. The maximum Gasteiger partial charge on any atom is 0.141 e. The van der Waals surface area contributed by atoms with Crippen molar-refractivity contribution in [3.05, 3.63) is 53.1 Å². The predicted octanol–water partition coefficient (Wildman–Crippen LogP) is 3.73. The standard InChI is InChI=1S/C18H21NO2/c1-12-4-6-17-14(8-12)10-15(21-17)11-19-16-9-13(2)5-7-18(16)20-3/h4-9,15,19H,10-11H2,1-3H3. The molecule has 110 valence electrons. The summed E-state index contributed by atoms with van der Waals surface area (Å²) < 4.78 is 11.4. The van der Waals surface area contributed by atoms with Gasteiger partial charge in [0.15, 0.2) is 0 Å². The van der Waals surface area contributed by atoms with Gasteiger partial charge < -0.3 is 14.8 Å². The number of fused-ring (bicyclic) bond motifs is 1. The van der Waals surface area contributed by atoms with Gasteiger partial charge in [-0.1, -0.05) is 23.8 Å². The highest BCUT2D eigenvalue weighted by atomic mass is 16.5. The molecule has 0 bridgehead atoms. The molecule has 1 atom stereocenters. The Labute approximate surface area is 125 Å². The van der Waals surface area contributed by atoms with E-state index < -0.39 is 0 Å². The average molecular weight is 283 g/mol. The molecule has 1 N–H and O–H groups in total. The van der Waals surface area contributed by atoms with Crippen LogP contribution in [0.4, 0.5) is 5.69 Å². The van der Waals surface area contributed by atoms with Crippen LogP contribution in [0.5, 0.6) is 11.5 Å². The molecule has 3 nitrogen and oxygen atoms in total. The van der Waals surface area contributed by atoms with Gasteiger partial charge in [-0.15, -0.1) is 0 Å². The number of rotatable bonds is 4. The van der Waals surface area contributed by atoms with Crippen LogP contribution in [-0.4, -0.2) is 19.8 Å². The summed E-state index contributed by atoms with van der Waals surface area (Å²) in [4.78, 5) is 0. The Balaban J connectivity index is 1.66. The first kappa shape index (κ1) is 13.8. The van der Waals surface area contributed by atoms with E-state index in [1.807, 2.05) is 6.07 Å². The second-order valence-electron chi connectivity index (χ2n) is 5.64. The average Bonchev–Trinajstić information content (AvgIpc) is 2.87. The molecule has 1 aliphatic rings. The summed E-state index contributed by atoms with van der Waals surface area (Å²) in [5.41, 5.74) is 4.82. The van der Waals surface area contributed by atoms with Crippen molar-refractivity contribution in [1.29, 1.82) is 0 Å². The molecule has 3 heteroatoms. The topological polar surface area (TPSA) is 30.5 Å². The highest BCUT2D eigenvalue weighted by Crippen LogP contribution is 2.30. The minimum absolute atomic E-state index is 0.173. The number of benzene rings is 2. The monoisotopic (exact) mass is 283 g/mol. The number of ether oxygens (including phenoxy) is 2. The quantitative estimate of drug-likeness (QED) is 0.927. The minimum atomic E-state index is 0.173. The molecule has 21 heavy (non-hydrogen) atoms. The number of methoxy groups -OCH3 is 1. The summed E-state index contributed by atoms with van der Waals surface area (Å²) in [7, 11) is 1.69. The van der Waals surface area contributed by atoms with E-state index in [-0.39, 0.29) is 6.10 Å². The van der Waals surface area contributed by atoms with Gasteiger partial charge in [0.1, 0.15) is 17.6 Å². The van der Waals surface area contributed by atoms with Gasteiger partial charge in [-0.3, -0.25) is 0 Å². The van der Waals surface area contributed by atoms with E-state index in [4.69, 9.17) is 9.47 Å². The summed E-state index contributed by atoms with van der Waals surface area (Å²) in [6.45, 7) is 4.96. The van der Waals surface area contributed by atoms with Gasteiger partial charge in [-0.2, -0.15) is 0 Å². The van der Waals surface area contributed by atoms with Gasteiger partial charge in [0, 0.05) is 6.42 Å². The Morgan fingerprint density at radius 1 is 1.14 bits per heavy atom. The maximum atomic E-state index is 5.98. The smallest absolute Gasteiger partial charge is 0.141 e. The van der Waals surface area contributed by atoms with Gasteiger partial charge in [-0.25, -0.2) is 0 Å². The van der Waals surface area contributed by atoms with Crippen molar-refractivity contribution in [2.75, 3.05) is 19.0 Å². The fourth-order valence-corrected chi connectivity index (χ4v) is 2.75. The lowest BCUT2D eigenvalue weighted by Crippen LogP contribution is -2.24. The first-order chi connectivity index (χ1) is 10.2. The second kappa shape index (κ2) is 5.68. The van der Waals surface area contributed by atoms with Gasteiger partial charge in [0.2, 0.25) is 0 Å². The zero-order chi connectivity index (χ0) is 14.8. The summed E-state index contributed by atoms with van der Waals surface area (Å²) >= 11 is 0. The Kier molecular flexibility index (Phi) is 3.74. The molecule has 0 aromatic heterocycles. The third kappa shape index (κ3) is 2.97. The molecule has 1 unspecified atom stereocenters. The van der Waals surface area contributed by atoms with E-state index in [0.29, 0.717) is 0 Å². The summed E-state index contributed by atoms with van der Waals surface area (Å²) in [6, 6.07) is 12.5. The predicted molar refractivity (Wildman–Crippen MR) is 85.5 cm³/mol. The van der Waals surface area contributed by atoms with E-state index in [1.54, 1.807) is 7.11 Å². The van der Waals surface area contributed by atoms with Crippen molar-refractivity contribution in [2.24, 2.45) is 0 Å². The Morgan fingerprint density at radius 3 is 2.71 bits per heavy atom. The first-order valence-corrected chi connectivity index (χ1v) is 7.30. The van der Waals surface area contributed by atoms with Gasteiger partial charge in [0.05, 0.1) is 19.3 Å². The molecular weight excluding hydrogens is 262 g/mol. The van der Waals surface area contributed by atoms with Crippen LogP contribution in [0, 0.1) is 13.8 Å². The molecule has 2 aromatic carbocycles. The van der Waals surface area contributed by atoms with Crippen LogP contribution in [0.3, 0.4) is 0 Å². The number of anilines is 1. The third-order valence-electron chi connectivity index (χ3n) is 3.83. The molecule has 0 saturated heterocycles. The van der Waals surface area contributed by atoms with E-state index in [9.17, 15) is 0 Å². The van der Waals surface area contributed by atoms with Crippen molar-refractivity contribution in [3.8, 4) is 11.5 Å². The van der Waals surface area contributed by atoms with Crippen LogP contribution >= 0.6 is 0 Å². The lowest BCUT2D eigenvalue weighted by Gasteiger charge is -2.15. The SMILES string of the molecule is COc1ccc(C)cc1NCC1Cc2cc(C)ccc2O1. The summed E-state index contributed by atoms with van der Waals surface area (Å²) in [5, 5.41) is 3.45. The molecule has 1 heterocycles.